The van der Waals surface area contributed by atoms with Crippen molar-refractivity contribution in [2.24, 2.45) is 0 Å². The fourth-order valence-electron chi connectivity index (χ4n) is 4.47. The number of benzene rings is 4. The Kier molecular flexibility index (Phi) is 9.18. The third kappa shape index (κ3) is 6.95. The van der Waals surface area contributed by atoms with Gasteiger partial charge in [0.25, 0.3) is 0 Å². The van der Waals surface area contributed by atoms with E-state index < -0.39 is 41.2 Å². The second-order valence-electron chi connectivity index (χ2n) is 8.86. The Bertz CT molecular complexity index is 1480. The number of ether oxygens (including phenoxy) is 1. The van der Waals surface area contributed by atoms with Crippen molar-refractivity contribution in [3.05, 3.63) is 116 Å². The maximum atomic E-state index is 14.6. The molecule has 11 heteroatoms. The molecule has 0 aromatic heterocycles. The van der Waals surface area contributed by atoms with Gasteiger partial charge in [-0.2, -0.15) is 26.3 Å². The van der Waals surface area contributed by atoms with Crippen LogP contribution in [0.4, 0.5) is 31.1 Å². The van der Waals surface area contributed by atoms with E-state index in [0.717, 1.165) is 5.56 Å². The Balaban J connectivity index is 2.05. The number of hydrogen-bond donors (Lipinski definition) is 1. The molecule has 1 atom stereocenters. The molecule has 214 valence electrons. The highest BCUT2D eigenvalue weighted by molar-refractivity contribution is 9.11. The van der Waals surface area contributed by atoms with Crippen LogP contribution in [0.2, 0.25) is 0 Å². The van der Waals surface area contributed by atoms with Gasteiger partial charge >= 0.3 is 18.4 Å². The van der Waals surface area contributed by atoms with Crippen molar-refractivity contribution in [1.82, 2.24) is 5.32 Å². The lowest BCUT2D eigenvalue weighted by atomic mass is 9.86. The molecular weight excluding hydrogens is 680 g/mol. The van der Waals surface area contributed by atoms with Crippen LogP contribution in [0.3, 0.4) is 0 Å². The first-order chi connectivity index (χ1) is 19.3. The van der Waals surface area contributed by atoms with Gasteiger partial charge in [0.2, 0.25) is 0 Å². The van der Waals surface area contributed by atoms with Crippen LogP contribution >= 0.6 is 31.9 Å². The van der Waals surface area contributed by atoms with E-state index in [1.807, 2.05) is 0 Å². The minimum atomic E-state index is -5.21. The molecule has 0 saturated carbocycles. The van der Waals surface area contributed by atoms with Gasteiger partial charge < -0.3 is 10.1 Å². The van der Waals surface area contributed by atoms with Crippen LogP contribution < -0.4 is 5.32 Å². The second kappa shape index (κ2) is 12.3. The zero-order valence-electron chi connectivity index (χ0n) is 21.2. The summed E-state index contributed by atoms with van der Waals surface area (Å²) in [5.74, 6) is 0. The summed E-state index contributed by atoms with van der Waals surface area (Å²) in [4.78, 5) is 12.6. The number of amides is 1. The lowest BCUT2D eigenvalue weighted by molar-refractivity contribution is -0.144. The van der Waals surface area contributed by atoms with E-state index >= 15 is 0 Å². The summed E-state index contributed by atoms with van der Waals surface area (Å²) < 4.78 is 93.0. The van der Waals surface area contributed by atoms with Crippen molar-refractivity contribution in [2.75, 3.05) is 6.61 Å². The standard InChI is InChI=1S/C30H21Br2F6NO2/c1-2-41-28(40)39-27(26-23(31)15-20(16-24(26)32)18-11-7-4-8-12-18)25-21(29(33,34)35)13-19(14-22(25)30(36,37)38)17-9-5-3-6-10-17/h3-16,27H,2H2,1H3,(H,39,40). The Morgan fingerprint density at radius 1 is 0.707 bits per heavy atom. The number of hydrogen-bond acceptors (Lipinski definition) is 2. The molecule has 4 aromatic carbocycles. The molecular formula is C30H21Br2F6NO2. The van der Waals surface area contributed by atoms with Gasteiger partial charge in [-0.1, -0.05) is 92.5 Å². The molecule has 0 aliphatic carbocycles. The summed E-state index contributed by atoms with van der Waals surface area (Å²) >= 11 is 6.68. The third-order valence-electron chi connectivity index (χ3n) is 6.20. The molecule has 3 nitrogen and oxygen atoms in total. The predicted molar refractivity (Wildman–Crippen MR) is 151 cm³/mol. The fourth-order valence-corrected chi connectivity index (χ4v) is 6.11. The Morgan fingerprint density at radius 2 is 1.12 bits per heavy atom. The molecule has 1 N–H and O–H groups in total. The first-order valence-electron chi connectivity index (χ1n) is 12.2. The fraction of sp³-hybridized carbons (Fsp3) is 0.167. The number of carbonyl (C=O) groups excluding carboxylic acids is 1. The van der Waals surface area contributed by atoms with Crippen LogP contribution in [0.15, 0.2) is 93.9 Å². The number of rotatable bonds is 6. The van der Waals surface area contributed by atoms with E-state index in [1.165, 1.54) is 31.2 Å². The summed E-state index contributed by atoms with van der Waals surface area (Å²) in [5.41, 5.74) is -3.02. The Morgan fingerprint density at radius 3 is 1.51 bits per heavy atom. The van der Waals surface area contributed by atoms with E-state index in [2.05, 4.69) is 37.2 Å². The van der Waals surface area contributed by atoms with Gasteiger partial charge in [-0.25, -0.2) is 4.79 Å². The molecule has 0 aliphatic heterocycles. The smallest absolute Gasteiger partial charge is 0.416 e. The second-order valence-corrected chi connectivity index (χ2v) is 10.6. The van der Waals surface area contributed by atoms with Crippen molar-refractivity contribution in [3.8, 4) is 22.3 Å². The SMILES string of the molecule is CCOC(=O)NC(c1c(Br)cc(-c2ccccc2)cc1Br)c1c(C(F)(F)F)cc(-c2ccccc2)cc1C(F)(F)F. The average Bonchev–Trinajstić information content (AvgIpc) is 2.91. The van der Waals surface area contributed by atoms with Crippen LogP contribution in [0.25, 0.3) is 22.3 Å². The molecule has 0 saturated heterocycles. The zero-order valence-corrected chi connectivity index (χ0v) is 24.4. The Labute approximate surface area is 248 Å². The summed E-state index contributed by atoms with van der Waals surface area (Å²) in [6.45, 7) is 1.31. The van der Waals surface area contributed by atoms with Gasteiger partial charge in [0.05, 0.1) is 23.8 Å². The number of halogens is 8. The molecule has 0 bridgehead atoms. The first-order valence-corrected chi connectivity index (χ1v) is 13.7. The molecule has 0 fully saturated rings. The summed E-state index contributed by atoms with van der Waals surface area (Å²) in [7, 11) is 0. The van der Waals surface area contributed by atoms with Crippen molar-refractivity contribution < 1.29 is 35.9 Å². The van der Waals surface area contributed by atoms with Crippen molar-refractivity contribution in [2.45, 2.75) is 25.3 Å². The largest absolute Gasteiger partial charge is 0.450 e. The monoisotopic (exact) mass is 699 g/mol. The van der Waals surface area contributed by atoms with Crippen molar-refractivity contribution in [1.29, 1.82) is 0 Å². The van der Waals surface area contributed by atoms with Gasteiger partial charge in [-0.15, -0.1) is 0 Å². The highest BCUT2D eigenvalue weighted by Crippen LogP contribution is 2.48. The minimum absolute atomic E-state index is 0.0544. The van der Waals surface area contributed by atoms with E-state index in [9.17, 15) is 31.1 Å². The normalized spacial score (nSPS) is 12.6. The van der Waals surface area contributed by atoms with Gasteiger partial charge in [-0.05, 0) is 53.4 Å². The lowest BCUT2D eigenvalue weighted by Crippen LogP contribution is -2.34. The molecule has 0 radical (unpaired) electrons. The number of carbonyl (C=O) groups is 1. The van der Waals surface area contributed by atoms with E-state index in [-0.39, 0.29) is 32.2 Å². The number of nitrogens with one attached hydrogen (secondary N) is 1. The molecule has 41 heavy (non-hydrogen) atoms. The van der Waals surface area contributed by atoms with Gasteiger partial charge in [-0.3, -0.25) is 0 Å². The van der Waals surface area contributed by atoms with Crippen LogP contribution in [0.1, 0.15) is 35.2 Å². The van der Waals surface area contributed by atoms with Crippen LogP contribution in [-0.2, 0) is 17.1 Å². The molecule has 4 rings (SSSR count). The van der Waals surface area contributed by atoms with E-state index in [1.54, 1.807) is 48.5 Å². The molecule has 0 heterocycles. The highest BCUT2D eigenvalue weighted by Gasteiger charge is 2.45. The van der Waals surface area contributed by atoms with Crippen LogP contribution in [0, 0.1) is 0 Å². The predicted octanol–water partition coefficient (Wildman–Crippen LogP) is 10.4. The number of alkyl carbamates (subject to hydrolysis) is 1. The van der Waals surface area contributed by atoms with Crippen LogP contribution in [0.5, 0.6) is 0 Å². The maximum Gasteiger partial charge on any atom is 0.416 e. The summed E-state index contributed by atoms with van der Waals surface area (Å²) in [5, 5.41) is 2.25. The number of alkyl halides is 6. The van der Waals surface area contributed by atoms with Crippen molar-refractivity contribution in [3.63, 3.8) is 0 Å². The molecule has 0 aliphatic rings. The topological polar surface area (TPSA) is 38.3 Å². The average molecular weight is 701 g/mol. The minimum Gasteiger partial charge on any atom is -0.450 e. The Hall–Kier alpha value is -3.31. The molecule has 0 spiro atoms. The summed E-state index contributed by atoms with van der Waals surface area (Å²) in [6.07, 6.45) is -11.6. The van der Waals surface area contributed by atoms with Gasteiger partial charge in [0, 0.05) is 20.1 Å². The lowest BCUT2D eigenvalue weighted by Gasteiger charge is -2.29. The first kappa shape index (κ1) is 30.6. The maximum absolute atomic E-state index is 14.6. The van der Waals surface area contributed by atoms with Crippen LogP contribution in [-0.4, -0.2) is 12.7 Å². The molecule has 4 aromatic rings. The molecule has 1 unspecified atom stereocenters. The van der Waals surface area contributed by atoms with E-state index in [4.69, 9.17) is 4.74 Å². The quantitative estimate of drug-likeness (QED) is 0.203. The zero-order chi connectivity index (χ0) is 29.9. The highest BCUT2D eigenvalue weighted by atomic mass is 79.9. The van der Waals surface area contributed by atoms with Crippen molar-refractivity contribution >= 4 is 38.0 Å². The van der Waals surface area contributed by atoms with Gasteiger partial charge in [0.1, 0.15) is 0 Å². The van der Waals surface area contributed by atoms with Gasteiger partial charge in [0.15, 0.2) is 0 Å². The third-order valence-corrected chi connectivity index (χ3v) is 7.51. The molecule has 1 amide bonds. The van der Waals surface area contributed by atoms with E-state index in [0.29, 0.717) is 17.7 Å². The summed E-state index contributed by atoms with van der Waals surface area (Å²) in [6, 6.07) is 19.0.